The highest BCUT2D eigenvalue weighted by Gasteiger charge is 2.29. The summed E-state index contributed by atoms with van der Waals surface area (Å²) < 4.78 is 33.3. The molecule has 0 saturated carbocycles. The summed E-state index contributed by atoms with van der Waals surface area (Å²) in [5.74, 6) is -0.937. The fourth-order valence-corrected chi connectivity index (χ4v) is 1.62. The van der Waals surface area contributed by atoms with Gasteiger partial charge in [0.05, 0.1) is 12.7 Å². The second-order valence-corrected chi connectivity index (χ2v) is 3.83. The SMILES string of the molecule is O=C(O)C1CCC(CNCCOCC(F)F)O1. The maximum absolute atomic E-state index is 11.7. The molecule has 1 saturated heterocycles. The number of carboxylic acids is 1. The molecular weight excluding hydrogens is 236 g/mol. The summed E-state index contributed by atoms with van der Waals surface area (Å²) in [6.07, 6.45) is -2.06. The first-order valence-corrected chi connectivity index (χ1v) is 5.54. The predicted octanol–water partition coefficient (Wildman–Crippen LogP) is 0.490. The summed E-state index contributed by atoms with van der Waals surface area (Å²) in [4.78, 5) is 10.6. The topological polar surface area (TPSA) is 67.8 Å². The highest BCUT2D eigenvalue weighted by atomic mass is 19.3. The van der Waals surface area contributed by atoms with E-state index in [0.717, 1.165) is 0 Å². The van der Waals surface area contributed by atoms with Crippen LogP contribution in [0.1, 0.15) is 12.8 Å². The average molecular weight is 253 g/mol. The van der Waals surface area contributed by atoms with Crippen molar-refractivity contribution >= 4 is 5.97 Å². The van der Waals surface area contributed by atoms with Gasteiger partial charge >= 0.3 is 5.97 Å². The minimum atomic E-state index is -2.44. The van der Waals surface area contributed by atoms with E-state index in [1.54, 1.807) is 0 Å². The quantitative estimate of drug-likeness (QED) is 0.616. The normalized spacial score (nSPS) is 24.4. The van der Waals surface area contributed by atoms with Gasteiger partial charge in [-0.2, -0.15) is 0 Å². The summed E-state index contributed by atoms with van der Waals surface area (Å²) in [5.41, 5.74) is 0. The van der Waals surface area contributed by atoms with Crippen LogP contribution < -0.4 is 5.32 Å². The Kier molecular flexibility index (Phi) is 6.31. The molecule has 2 atom stereocenters. The Bertz CT molecular complexity index is 240. The summed E-state index contributed by atoms with van der Waals surface area (Å²) in [6, 6.07) is 0. The van der Waals surface area contributed by atoms with Crippen molar-refractivity contribution in [1.82, 2.24) is 5.32 Å². The zero-order valence-corrected chi connectivity index (χ0v) is 9.40. The van der Waals surface area contributed by atoms with Crippen molar-refractivity contribution in [3.8, 4) is 0 Å². The number of aliphatic carboxylic acids is 1. The van der Waals surface area contributed by atoms with Gasteiger partial charge in [-0.25, -0.2) is 13.6 Å². The largest absolute Gasteiger partial charge is 0.479 e. The maximum atomic E-state index is 11.7. The third-order valence-corrected chi connectivity index (χ3v) is 2.42. The molecule has 0 aromatic heterocycles. The monoisotopic (exact) mass is 253 g/mol. The van der Waals surface area contributed by atoms with Gasteiger partial charge in [-0.15, -0.1) is 0 Å². The molecule has 100 valence electrons. The molecule has 0 spiro atoms. The van der Waals surface area contributed by atoms with Crippen molar-refractivity contribution < 1.29 is 28.2 Å². The lowest BCUT2D eigenvalue weighted by Crippen LogP contribution is -2.31. The Balaban J connectivity index is 1.95. The maximum Gasteiger partial charge on any atom is 0.332 e. The molecular formula is C10H17F2NO4. The number of hydrogen-bond donors (Lipinski definition) is 2. The van der Waals surface area contributed by atoms with Gasteiger partial charge < -0.3 is 19.9 Å². The molecule has 0 aromatic carbocycles. The molecule has 5 nitrogen and oxygen atoms in total. The summed E-state index contributed by atoms with van der Waals surface area (Å²) in [6.45, 7) is 0.619. The van der Waals surface area contributed by atoms with Gasteiger partial charge in [0.2, 0.25) is 0 Å². The molecule has 2 unspecified atom stereocenters. The second kappa shape index (κ2) is 7.52. The molecule has 2 N–H and O–H groups in total. The average Bonchev–Trinajstić information content (AvgIpc) is 2.71. The van der Waals surface area contributed by atoms with Crippen LogP contribution in [0.25, 0.3) is 0 Å². The lowest BCUT2D eigenvalue weighted by Gasteiger charge is -2.12. The van der Waals surface area contributed by atoms with Crippen LogP contribution >= 0.6 is 0 Å². The number of ether oxygens (including phenoxy) is 2. The number of rotatable bonds is 8. The van der Waals surface area contributed by atoms with E-state index in [0.29, 0.717) is 25.9 Å². The number of hydrogen-bond acceptors (Lipinski definition) is 4. The molecule has 0 amide bonds. The van der Waals surface area contributed by atoms with Crippen LogP contribution in [-0.2, 0) is 14.3 Å². The highest BCUT2D eigenvalue weighted by Crippen LogP contribution is 2.18. The van der Waals surface area contributed by atoms with Crippen molar-refractivity contribution in [2.24, 2.45) is 0 Å². The van der Waals surface area contributed by atoms with Crippen molar-refractivity contribution in [2.45, 2.75) is 31.5 Å². The van der Waals surface area contributed by atoms with Gasteiger partial charge in [0, 0.05) is 13.1 Å². The lowest BCUT2D eigenvalue weighted by atomic mass is 10.2. The van der Waals surface area contributed by atoms with Gasteiger partial charge in [0.25, 0.3) is 6.43 Å². The van der Waals surface area contributed by atoms with Crippen molar-refractivity contribution in [3.63, 3.8) is 0 Å². The van der Waals surface area contributed by atoms with E-state index in [9.17, 15) is 13.6 Å². The standard InChI is InChI=1S/C10H17F2NO4/c11-9(12)6-16-4-3-13-5-7-1-2-8(17-7)10(14)15/h7-9,13H,1-6H2,(H,14,15). The van der Waals surface area contributed by atoms with E-state index < -0.39 is 25.1 Å². The van der Waals surface area contributed by atoms with E-state index in [1.807, 2.05) is 0 Å². The van der Waals surface area contributed by atoms with Gasteiger partial charge in [-0.1, -0.05) is 0 Å². The molecule has 0 aliphatic carbocycles. The van der Waals surface area contributed by atoms with E-state index in [2.05, 4.69) is 10.1 Å². The molecule has 1 aliphatic heterocycles. The van der Waals surface area contributed by atoms with Gasteiger partial charge in [0.15, 0.2) is 6.10 Å². The van der Waals surface area contributed by atoms with Crippen LogP contribution in [0.5, 0.6) is 0 Å². The fraction of sp³-hybridized carbons (Fsp3) is 0.900. The smallest absolute Gasteiger partial charge is 0.332 e. The minimum absolute atomic E-state index is 0.119. The first-order chi connectivity index (χ1) is 8.09. The Labute approximate surface area is 98.1 Å². The molecule has 1 rings (SSSR count). The molecule has 1 aliphatic rings. The predicted molar refractivity (Wildman–Crippen MR) is 55.2 cm³/mol. The minimum Gasteiger partial charge on any atom is -0.479 e. The van der Waals surface area contributed by atoms with Crippen LogP contribution in [0.3, 0.4) is 0 Å². The molecule has 7 heteroatoms. The molecule has 0 aromatic rings. The first kappa shape index (κ1) is 14.3. The molecule has 0 radical (unpaired) electrons. The lowest BCUT2D eigenvalue weighted by molar-refractivity contribution is -0.149. The Morgan fingerprint density at radius 3 is 2.88 bits per heavy atom. The number of carboxylic acid groups (broad SMARTS) is 1. The molecule has 1 heterocycles. The van der Waals surface area contributed by atoms with Crippen LogP contribution in [0.4, 0.5) is 8.78 Å². The second-order valence-electron chi connectivity index (χ2n) is 3.83. The molecule has 17 heavy (non-hydrogen) atoms. The van der Waals surface area contributed by atoms with Crippen LogP contribution in [0, 0.1) is 0 Å². The first-order valence-electron chi connectivity index (χ1n) is 5.54. The Morgan fingerprint density at radius 2 is 2.29 bits per heavy atom. The van der Waals surface area contributed by atoms with Crippen LogP contribution in [0.2, 0.25) is 0 Å². The number of nitrogens with one attached hydrogen (secondary N) is 1. The van der Waals surface area contributed by atoms with E-state index in [-0.39, 0.29) is 12.7 Å². The van der Waals surface area contributed by atoms with E-state index in [4.69, 9.17) is 9.84 Å². The zero-order valence-electron chi connectivity index (χ0n) is 9.40. The summed E-state index contributed by atoms with van der Waals surface area (Å²) in [7, 11) is 0. The van der Waals surface area contributed by atoms with Gasteiger partial charge in [-0.05, 0) is 12.8 Å². The fourth-order valence-electron chi connectivity index (χ4n) is 1.62. The third-order valence-electron chi connectivity index (χ3n) is 2.42. The zero-order chi connectivity index (χ0) is 12.7. The van der Waals surface area contributed by atoms with Crippen molar-refractivity contribution in [1.29, 1.82) is 0 Å². The van der Waals surface area contributed by atoms with Crippen molar-refractivity contribution in [2.75, 3.05) is 26.3 Å². The van der Waals surface area contributed by atoms with Crippen molar-refractivity contribution in [3.05, 3.63) is 0 Å². The van der Waals surface area contributed by atoms with E-state index >= 15 is 0 Å². The summed E-state index contributed by atoms with van der Waals surface area (Å²) >= 11 is 0. The van der Waals surface area contributed by atoms with Crippen LogP contribution in [-0.4, -0.2) is 56.0 Å². The highest BCUT2D eigenvalue weighted by molar-refractivity contribution is 5.72. The summed E-state index contributed by atoms with van der Waals surface area (Å²) in [5, 5.41) is 11.7. The number of halogens is 2. The third kappa shape index (κ3) is 5.90. The number of carbonyl (C=O) groups is 1. The van der Waals surface area contributed by atoms with Crippen LogP contribution in [0.15, 0.2) is 0 Å². The Hall–Kier alpha value is -0.790. The number of alkyl halides is 2. The van der Waals surface area contributed by atoms with Gasteiger partial charge in [-0.3, -0.25) is 0 Å². The molecule has 0 bridgehead atoms. The molecule has 1 fully saturated rings. The van der Waals surface area contributed by atoms with E-state index in [1.165, 1.54) is 0 Å². The Morgan fingerprint density at radius 1 is 1.53 bits per heavy atom. The van der Waals surface area contributed by atoms with Gasteiger partial charge in [0.1, 0.15) is 6.61 Å².